The minimum absolute atomic E-state index is 0.178. The molecule has 2 aromatic rings. The van der Waals surface area contributed by atoms with Crippen molar-refractivity contribution in [3.63, 3.8) is 0 Å². The van der Waals surface area contributed by atoms with Gasteiger partial charge >= 0.3 is 0 Å². The molecule has 0 heterocycles. The molecule has 2 N–H and O–H groups in total. The quantitative estimate of drug-likeness (QED) is 0.853. The molecule has 2 nitrogen and oxygen atoms in total. The van der Waals surface area contributed by atoms with Crippen LogP contribution in [-0.4, -0.2) is 4.99 Å². The van der Waals surface area contributed by atoms with Crippen LogP contribution in [0.3, 0.4) is 0 Å². The maximum atomic E-state index is 13.8. The van der Waals surface area contributed by atoms with Crippen LogP contribution in [0.4, 0.5) is 4.39 Å². The van der Waals surface area contributed by atoms with E-state index in [1.807, 2.05) is 12.1 Å². The fourth-order valence-corrected chi connectivity index (χ4v) is 1.93. The summed E-state index contributed by atoms with van der Waals surface area (Å²) in [4.78, 5) is 0.178. The van der Waals surface area contributed by atoms with E-state index in [4.69, 9.17) is 34.3 Å². The fraction of sp³-hybridized carbons (Fsp3) is 0.133. The Morgan fingerprint density at radius 3 is 2.45 bits per heavy atom. The topological polar surface area (TPSA) is 35.2 Å². The maximum absolute atomic E-state index is 13.8. The summed E-state index contributed by atoms with van der Waals surface area (Å²) in [7, 11) is 0. The van der Waals surface area contributed by atoms with Crippen molar-refractivity contribution >= 4 is 28.8 Å². The molecule has 0 radical (unpaired) electrons. The highest BCUT2D eigenvalue weighted by atomic mass is 35.5. The Morgan fingerprint density at radius 1 is 1.15 bits per heavy atom. The van der Waals surface area contributed by atoms with E-state index >= 15 is 0 Å². The summed E-state index contributed by atoms with van der Waals surface area (Å²) in [5, 5.41) is 0.674. The van der Waals surface area contributed by atoms with Crippen molar-refractivity contribution in [3.05, 3.63) is 70.0 Å². The lowest BCUT2D eigenvalue weighted by atomic mass is 10.1. The lowest BCUT2D eigenvalue weighted by molar-refractivity contribution is 0.105. The highest BCUT2D eigenvalue weighted by Gasteiger charge is 2.05. The Bertz CT molecular complexity index is 616. The lowest BCUT2D eigenvalue weighted by Crippen LogP contribution is -2.10. The first-order chi connectivity index (χ1) is 9.56. The van der Waals surface area contributed by atoms with Gasteiger partial charge in [0, 0.05) is 16.1 Å². The van der Waals surface area contributed by atoms with Crippen LogP contribution in [0.25, 0.3) is 0 Å². The molecule has 0 aromatic heterocycles. The lowest BCUT2D eigenvalue weighted by Gasteiger charge is -2.07. The van der Waals surface area contributed by atoms with Crippen LogP contribution < -0.4 is 5.73 Å². The Hall–Kier alpha value is -1.49. The Balaban J connectivity index is 1.94. The van der Waals surface area contributed by atoms with Gasteiger partial charge in [-0.2, -0.15) is 0 Å². The number of rotatable bonds is 5. The standard InChI is InChI=1S/C15H13ClFNOS/c16-13-5-1-10(2-6-13)8-19-9-12-4-3-11(15(18)20)7-14(12)17/h1-7H,8-9H2,(H2,18,20). The molecule has 0 unspecified atom stereocenters. The molecule has 0 aliphatic carbocycles. The minimum Gasteiger partial charge on any atom is -0.389 e. The van der Waals surface area contributed by atoms with Gasteiger partial charge in [0.2, 0.25) is 0 Å². The van der Waals surface area contributed by atoms with Crippen molar-refractivity contribution in [2.75, 3.05) is 0 Å². The monoisotopic (exact) mass is 309 g/mol. The normalized spacial score (nSPS) is 10.5. The molecule has 0 aliphatic rings. The van der Waals surface area contributed by atoms with Crippen molar-refractivity contribution in [1.82, 2.24) is 0 Å². The van der Waals surface area contributed by atoms with Crippen LogP contribution in [0, 0.1) is 5.82 Å². The molecule has 0 aliphatic heterocycles. The van der Waals surface area contributed by atoms with Crippen molar-refractivity contribution in [2.45, 2.75) is 13.2 Å². The molecule has 2 rings (SSSR count). The molecule has 104 valence electrons. The largest absolute Gasteiger partial charge is 0.389 e. The summed E-state index contributed by atoms with van der Waals surface area (Å²) in [5.41, 5.74) is 7.41. The molecule has 0 saturated carbocycles. The van der Waals surface area contributed by atoms with E-state index < -0.39 is 0 Å². The number of hydrogen-bond donors (Lipinski definition) is 1. The Morgan fingerprint density at radius 2 is 1.85 bits per heavy atom. The van der Waals surface area contributed by atoms with Gasteiger partial charge in [-0.3, -0.25) is 0 Å². The second-order valence-corrected chi connectivity index (χ2v) is 5.17. The summed E-state index contributed by atoms with van der Waals surface area (Å²) in [6, 6.07) is 12.0. The first-order valence-corrected chi connectivity index (χ1v) is 6.75. The van der Waals surface area contributed by atoms with Gasteiger partial charge in [-0.15, -0.1) is 0 Å². The second-order valence-electron chi connectivity index (χ2n) is 4.29. The average Bonchev–Trinajstić information content (AvgIpc) is 2.42. The number of benzene rings is 2. The van der Waals surface area contributed by atoms with Crippen LogP contribution in [-0.2, 0) is 18.0 Å². The molecule has 2 aromatic carbocycles. The van der Waals surface area contributed by atoms with Crippen LogP contribution in [0.1, 0.15) is 16.7 Å². The van der Waals surface area contributed by atoms with E-state index in [0.29, 0.717) is 22.8 Å². The zero-order valence-electron chi connectivity index (χ0n) is 10.6. The third-order valence-corrected chi connectivity index (χ3v) is 3.26. The molecular weight excluding hydrogens is 297 g/mol. The first kappa shape index (κ1) is 14.9. The number of hydrogen-bond acceptors (Lipinski definition) is 2. The summed E-state index contributed by atoms with van der Waals surface area (Å²) in [5.74, 6) is -0.369. The summed E-state index contributed by atoms with van der Waals surface area (Å²) in [6.45, 7) is 0.583. The van der Waals surface area contributed by atoms with E-state index in [1.54, 1.807) is 24.3 Å². The number of ether oxygens (including phenoxy) is 1. The predicted molar refractivity (Wildman–Crippen MR) is 82.2 cm³/mol. The van der Waals surface area contributed by atoms with E-state index in [-0.39, 0.29) is 17.4 Å². The summed E-state index contributed by atoms with van der Waals surface area (Å²) in [6.07, 6.45) is 0. The minimum atomic E-state index is -0.369. The summed E-state index contributed by atoms with van der Waals surface area (Å²) >= 11 is 10.6. The number of thiocarbonyl (C=S) groups is 1. The highest BCUT2D eigenvalue weighted by Crippen LogP contribution is 2.14. The molecule has 0 atom stereocenters. The average molecular weight is 310 g/mol. The smallest absolute Gasteiger partial charge is 0.129 e. The Labute approximate surface area is 127 Å². The van der Waals surface area contributed by atoms with E-state index in [9.17, 15) is 4.39 Å². The molecule has 0 spiro atoms. The van der Waals surface area contributed by atoms with Crippen molar-refractivity contribution in [1.29, 1.82) is 0 Å². The Kier molecular flexibility index (Phi) is 5.06. The predicted octanol–water partition coefficient (Wildman–Crippen LogP) is 3.83. The van der Waals surface area contributed by atoms with E-state index in [0.717, 1.165) is 5.56 Å². The van der Waals surface area contributed by atoms with Crippen LogP contribution in [0.5, 0.6) is 0 Å². The van der Waals surface area contributed by atoms with Crippen LogP contribution in [0.2, 0.25) is 5.02 Å². The van der Waals surface area contributed by atoms with Gasteiger partial charge in [0.05, 0.1) is 13.2 Å². The number of nitrogens with two attached hydrogens (primary N) is 1. The van der Waals surface area contributed by atoms with Gasteiger partial charge < -0.3 is 10.5 Å². The van der Waals surface area contributed by atoms with Gasteiger partial charge in [-0.1, -0.05) is 48.1 Å². The second kappa shape index (κ2) is 6.79. The third kappa shape index (κ3) is 4.00. The summed E-state index contributed by atoms with van der Waals surface area (Å²) < 4.78 is 19.3. The van der Waals surface area contributed by atoms with E-state index in [2.05, 4.69) is 0 Å². The molecule has 0 saturated heterocycles. The van der Waals surface area contributed by atoms with Gasteiger partial charge in [-0.05, 0) is 23.8 Å². The van der Waals surface area contributed by atoms with Crippen molar-refractivity contribution < 1.29 is 9.13 Å². The molecular formula is C15H13ClFNOS. The van der Waals surface area contributed by atoms with E-state index in [1.165, 1.54) is 6.07 Å². The van der Waals surface area contributed by atoms with Crippen molar-refractivity contribution in [2.24, 2.45) is 5.73 Å². The maximum Gasteiger partial charge on any atom is 0.129 e. The first-order valence-electron chi connectivity index (χ1n) is 5.96. The molecule has 5 heteroatoms. The molecule has 20 heavy (non-hydrogen) atoms. The van der Waals surface area contributed by atoms with Gasteiger partial charge in [0.25, 0.3) is 0 Å². The van der Waals surface area contributed by atoms with Gasteiger partial charge in [0.1, 0.15) is 10.8 Å². The SMILES string of the molecule is NC(=S)c1ccc(COCc2ccc(Cl)cc2)c(F)c1. The zero-order chi connectivity index (χ0) is 14.5. The fourth-order valence-electron chi connectivity index (χ4n) is 1.68. The number of halogens is 2. The molecule has 0 bridgehead atoms. The van der Waals surface area contributed by atoms with Crippen LogP contribution in [0.15, 0.2) is 42.5 Å². The molecule has 0 amide bonds. The van der Waals surface area contributed by atoms with Crippen LogP contribution >= 0.6 is 23.8 Å². The molecule has 0 fully saturated rings. The zero-order valence-corrected chi connectivity index (χ0v) is 12.2. The highest BCUT2D eigenvalue weighted by molar-refractivity contribution is 7.80. The van der Waals surface area contributed by atoms with Crippen molar-refractivity contribution in [3.8, 4) is 0 Å². The third-order valence-electron chi connectivity index (χ3n) is 2.78. The van der Waals surface area contributed by atoms with Gasteiger partial charge in [-0.25, -0.2) is 4.39 Å². The van der Waals surface area contributed by atoms with Gasteiger partial charge in [0.15, 0.2) is 0 Å².